The van der Waals surface area contributed by atoms with E-state index < -0.39 is 34.9 Å². The Morgan fingerprint density at radius 2 is 1.97 bits per heavy atom. The monoisotopic (exact) mass is 486 g/mol. The number of nitrogens with zero attached hydrogens (tertiary/aromatic N) is 1. The summed E-state index contributed by atoms with van der Waals surface area (Å²) in [6.07, 6.45) is 1.32. The Bertz CT molecular complexity index is 1130. The zero-order valence-electron chi connectivity index (χ0n) is 18.2. The molecule has 0 spiro atoms. The number of hydrogen-bond donors (Lipinski definition) is 2. The third-order valence-corrected chi connectivity index (χ3v) is 6.69. The first-order valence-electron chi connectivity index (χ1n) is 10.4. The van der Waals surface area contributed by atoms with Crippen molar-refractivity contribution in [2.45, 2.75) is 31.1 Å². The first kappa shape index (κ1) is 23.6. The average Bonchev–Trinajstić information content (AvgIpc) is 3.32. The van der Waals surface area contributed by atoms with Crippen LogP contribution in [0.2, 0.25) is 0 Å². The van der Waals surface area contributed by atoms with E-state index in [0.717, 1.165) is 10.5 Å². The fraction of sp³-hybridized carbons (Fsp3) is 0.304. The quantitative estimate of drug-likeness (QED) is 0.308. The highest BCUT2D eigenvalue weighted by atomic mass is 32.2. The third kappa shape index (κ3) is 4.57. The second-order valence-electron chi connectivity index (χ2n) is 7.69. The van der Waals surface area contributed by atoms with Crippen molar-refractivity contribution in [3.05, 3.63) is 71.3 Å². The molecule has 0 unspecified atom stereocenters. The minimum atomic E-state index is -1.77. The maximum absolute atomic E-state index is 13.4. The maximum Gasteiger partial charge on any atom is 0.352 e. The van der Waals surface area contributed by atoms with Gasteiger partial charge in [0.15, 0.2) is 0 Å². The molecular weight excluding hydrogens is 464 g/mol. The van der Waals surface area contributed by atoms with Crippen LogP contribution in [0.15, 0.2) is 64.4 Å². The van der Waals surface area contributed by atoms with Gasteiger partial charge < -0.3 is 24.3 Å². The summed E-state index contributed by atoms with van der Waals surface area (Å²) < 4.78 is 16.2. The van der Waals surface area contributed by atoms with E-state index in [-0.39, 0.29) is 36.7 Å². The zero-order valence-corrected chi connectivity index (χ0v) is 19.0. The molecule has 1 aromatic heterocycles. The number of rotatable bonds is 9. The zero-order chi connectivity index (χ0) is 24.3. The summed E-state index contributed by atoms with van der Waals surface area (Å²) in [5, 5.41) is 11.7. The molecule has 0 aliphatic carbocycles. The molecule has 4 rings (SSSR count). The summed E-state index contributed by atoms with van der Waals surface area (Å²) in [5.41, 5.74) is -0.971. The summed E-state index contributed by atoms with van der Waals surface area (Å²) in [6, 6.07) is 12.4. The van der Waals surface area contributed by atoms with Gasteiger partial charge in [-0.2, -0.15) is 0 Å². The van der Waals surface area contributed by atoms with Crippen molar-refractivity contribution in [1.82, 2.24) is 10.2 Å². The van der Waals surface area contributed by atoms with E-state index in [1.54, 1.807) is 12.1 Å². The number of nitrogens with one attached hydrogen (secondary N) is 1. The number of hydrogen-bond acceptors (Lipinski definition) is 8. The number of carboxylic acid groups (broad SMARTS) is 1. The van der Waals surface area contributed by atoms with Gasteiger partial charge in [-0.25, -0.2) is 4.79 Å². The Morgan fingerprint density at radius 1 is 1.21 bits per heavy atom. The molecule has 1 aromatic carbocycles. The number of furan rings is 1. The molecule has 2 atom stereocenters. The molecule has 0 bridgehead atoms. The minimum Gasteiger partial charge on any atom is -0.477 e. The molecule has 3 heterocycles. The Hall–Kier alpha value is -3.57. The lowest BCUT2D eigenvalue weighted by atomic mass is 9.97. The minimum absolute atomic E-state index is 0.0188. The number of carbonyl (C=O) groups is 4. The Labute approximate surface area is 198 Å². The van der Waals surface area contributed by atoms with Gasteiger partial charge in [-0.3, -0.25) is 19.3 Å². The van der Waals surface area contributed by atoms with E-state index in [4.69, 9.17) is 13.9 Å². The van der Waals surface area contributed by atoms with Crippen LogP contribution >= 0.6 is 11.8 Å². The highest BCUT2D eigenvalue weighted by molar-refractivity contribution is 8.00. The SMILES string of the molecule is CC(=O)OCC1=C(C(=O)O)N2C(=O)[C@](NC(=O)Cc3ccco3)(OCc3ccccc3)[C@H]2SC1. The highest BCUT2D eigenvalue weighted by Gasteiger charge is 2.67. The number of ether oxygens (including phenoxy) is 2. The van der Waals surface area contributed by atoms with Gasteiger partial charge in [-0.15, -0.1) is 11.8 Å². The molecule has 0 radical (unpaired) electrons. The highest BCUT2D eigenvalue weighted by Crippen LogP contribution is 2.47. The maximum atomic E-state index is 13.4. The van der Waals surface area contributed by atoms with Crippen molar-refractivity contribution >= 4 is 35.5 Å². The largest absolute Gasteiger partial charge is 0.477 e. The molecule has 1 fully saturated rings. The van der Waals surface area contributed by atoms with E-state index in [2.05, 4.69) is 5.32 Å². The Morgan fingerprint density at radius 3 is 2.62 bits per heavy atom. The molecule has 2 amide bonds. The van der Waals surface area contributed by atoms with Gasteiger partial charge >= 0.3 is 11.9 Å². The third-order valence-electron chi connectivity index (χ3n) is 5.31. The molecule has 0 saturated carbocycles. The molecule has 34 heavy (non-hydrogen) atoms. The standard InChI is InChI=1S/C23H22N2O8S/c1-14(26)32-12-16-13-34-22-23(21(30)25(22)19(16)20(28)29,33-11-15-6-3-2-4-7-15)24-18(27)10-17-8-5-9-31-17/h2-9,22H,10-13H2,1H3,(H,24,27)(H,28,29)/t22-,23+/m1/s1. The molecule has 11 heteroatoms. The van der Waals surface area contributed by atoms with Crippen LogP contribution in [-0.4, -0.2) is 57.2 Å². The predicted molar refractivity (Wildman–Crippen MR) is 119 cm³/mol. The summed E-state index contributed by atoms with van der Waals surface area (Å²) >= 11 is 1.22. The molecule has 2 aliphatic heterocycles. The first-order valence-corrected chi connectivity index (χ1v) is 11.4. The molecule has 2 aromatic rings. The van der Waals surface area contributed by atoms with Gasteiger partial charge in [-0.1, -0.05) is 30.3 Å². The number of carboxylic acids is 1. The fourth-order valence-electron chi connectivity index (χ4n) is 3.77. The van der Waals surface area contributed by atoms with E-state index in [1.165, 1.54) is 24.9 Å². The number of thioether (sulfide) groups is 1. The van der Waals surface area contributed by atoms with E-state index in [0.29, 0.717) is 5.76 Å². The van der Waals surface area contributed by atoms with Gasteiger partial charge in [0, 0.05) is 18.2 Å². The van der Waals surface area contributed by atoms with Crippen LogP contribution in [0, 0.1) is 0 Å². The van der Waals surface area contributed by atoms with Crippen LogP contribution in [0.1, 0.15) is 18.2 Å². The van der Waals surface area contributed by atoms with Crippen LogP contribution in [-0.2, 0) is 41.7 Å². The molecule has 2 N–H and O–H groups in total. The normalized spacial score (nSPS) is 21.5. The molecule has 178 valence electrons. The van der Waals surface area contributed by atoms with E-state index in [9.17, 15) is 24.3 Å². The lowest BCUT2D eigenvalue weighted by Crippen LogP contribution is -2.81. The summed E-state index contributed by atoms with van der Waals surface area (Å²) in [4.78, 5) is 50.5. The van der Waals surface area contributed by atoms with Gasteiger partial charge in [-0.05, 0) is 17.7 Å². The summed E-state index contributed by atoms with van der Waals surface area (Å²) in [5.74, 6) is -2.54. The number of β-lactam (4-membered cyclic amide) rings is 1. The van der Waals surface area contributed by atoms with Gasteiger partial charge in [0.25, 0.3) is 11.6 Å². The number of amides is 2. The summed E-state index contributed by atoms with van der Waals surface area (Å²) in [7, 11) is 0. The van der Waals surface area contributed by atoms with Crippen LogP contribution in [0.4, 0.5) is 0 Å². The number of benzene rings is 1. The number of carbonyl (C=O) groups excluding carboxylic acids is 3. The van der Waals surface area contributed by atoms with E-state index in [1.807, 2.05) is 30.3 Å². The second kappa shape index (κ2) is 9.74. The Balaban J connectivity index is 1.61. The van der Waals surface area contributed by atoms with Crippen LogP contribution in [0.25, 0.3) is 0 Å². The van der Waals surface area contributed by atoms with Crippen LogP contribution < -0.4 is 5.32 Å². The van der Waals surface area contributed by atoms with Crippen molar-refractivity contribution in [2.75, 3.05) is 12.4 Å². The van der Waals surface area contributed by atoms with E-state index >= 15 is 0 Å². The van der Waals surface area contributed by atoms with Gasteiger partial charge in [0.2, 0.25) is 5.91 Å². The van der Waals surface area contributed by atoms with Crippen molar-refractivity contribution in [3.8, 4) is 0 Å². The molecular formula is C23H22N2O8S. The Kier molecular flexibility index (Phi) is 6.75. The van der Waals surface area contributed by atoms with Crippen molar-refractivity contribution in [3.63, 3.8) is 0 Å². The van der Waals surface area contributed by atoms with Gasteiger partial charge in [0.1, 0.15) is 23.4 Å². The van der Waals surface area contributed by atoms with Crippen LogP contribution in [0.5, 0.6) is 0 Å². The first-order chi connectivity index (χ1) is 16.3. The molecule has 1 saturated heterocycles. The lowest BCUT2D eigenvalue weighted by Gasteiger charge is -2.56. The average molecular weight is 487 g/mol. The smallest absolute Gasteiger partial charge is 0.352 e. The van der Waals surface area contributed by atoms with Gasteiger partial charge in [0.05, 0.1) is 19.3 Å². The molecule has 10 nitrogen and oxygen atoms in total. The summed E-state index contributed by atoms with van der Waals surface area (Å²) in [6.45, 7) is 0.986. The second-order valence-corrected chi connectivity index (χ2v) is 8.76. The van der Waals surface area contributed by atoms with Crippen molar-refractivity contribution in [1.29, 1.82) is 0 Å². The topological polar surface area (TPSA) is 135 Å². The van der Waals surface area contributed by atoms with Crippen molar-refractivity contribution < 1.29 is 38.2 Å². The lowest BCUT2D eigenvalue weighted by molar-refractivity contribution is -0.201. The number of esters is 1. The number of fused-ring (bicyclic) bond motifs is 1. The fourth-order valence-corrected chi connectivity index (χ4v) is 5.16. The predicted octanol–water partition coefficient (Wildman–Crippen LogP) is 1.67. The molecule has 2 aliphatic rings. The van der Waals surface area contributed by atoms with Crippen LogP contribution in [0.3, 0.4) is 0 Å². The van der Waals surface area contributed by atoms with Crippen molar-refractivity contribution in [2.24, 2.45) is 0 Å². The number of aliphatic carboxylic acids is 1.